The molecule has 37 nitrogen and oxygen atoms in total. The first-order valence-corrected chi connectivity index (χ1v) is 51.2. The van der Waals surface area contributed by atoms with E-state index in [1.807, 2.05) is 173 Å². The molecule has 0 radical (unpaired) electrons. The molecule has 17 rings (SSSR count). The number of carbonyl (C=O) groups is 10. The Morgan fingerprint density at radius 3 is 1.06 bits per heavy atom. The molecule has 0 atom stereocenters. The summed E-state index contributed by atoms with van der Waals surface area (Å²) in [6.07, 6.45) is 10.5. The average Bonchev–Trinajstić information content (AvgIpc) is 1.64. The number of ketones is 1. The predicted octanol–water partition coefficient (Wildman–Crippen LogP) is 13.6. The van der Waals surface area contributed by atoms with Crippen molar-refractivity contribution in [2.45, 2.75) is 207 Å². The van der Waals surface area contributed by atoms with Gasteiger partial charge in [-0.05, 0) is 177 Å². The smallest absolute Gasteiger partial charge is 0.407 e. The van der Waals surface area contributed by atoms with E-state index in [1.165, 1.54) is 40.1 Å². The molecule has 6 aromatic carbocycles. The lowest BCUT2D eigenvalue weighted by Gasteiger charge is -2.35. The number of hydrazine groups is 1. The lowest BCUT2D eigenvalue weighted by Crippen LogP contribution is -2.47. The number of amides is 5. The summed E-state index contributed by atoms with van der Waals surface area (Å²) < 4.78 is 35.1. The number of ether oxygens (including phenoxy) is 4. The molecule has 12 N–H and O–H groups in total. The fourth-order valence-electron chi connectivity index (χ4n) is 15.0. The standard InChI is InChI=1S/C22H21O2P.2C18H18N4O3S.C11H21N3O3.C10H7NO3.C9H15NO3.C8H12ClN3OS.C4H5ClO3/c1-2-24-22(23)18-25(19-12-6-3-7-13-19,20-14-8-4-9-15-20)21-16-10-5-11-17-21;2*23-10-17-21-20-16(26-17)8-11-6-13(7-11)19-18(24)14-9-15(25-22-14)12-4-2-1-3-5-12;1-11(2,3)17-10(16)13-8-4-7(5-8)6-9(15)14-12;12-10(13)8-6-9(14-11-8)7-4-2-1-3-5-7;1-9(2,3)13-8(12)10-6-4-7(11)5-6;9-10-6-1-5(2-6)3-7-11-12-8(4-13)14-7;1-2-8-4(7)3(5)6/h3-18H,2H2,1H3;2*1-5,9,11,13,23H,6-8,10H2,(H,19,24);7-8H,4-6,12H2,1-3H3,(H,13,16)(H,14,15);1-6H,(H,12,13);6H,4-5H2,1-3H3,(H,10,12);5-6,10,13H,1-4H2;2H2,1H3. The maximum absolute atomic E-state index is 12.5. The molecule has 5 saturated carbocycles. The number of alkyl carbamates (subject to hydrolysis) is 2. The Bertz CT molecular complexity index is 5850. The first-order chi connectivity index (χ1) is 68.6. The molecule has 5 aliphatic rings. The van der Waals surface area contributed by atoms with Crippen molar-refractivity contribution in [2.75, 3.05) is 13.2 Å². The summed E-state index contributed by atoms with van der Waals surface area (Å²) in [6, 6.07) is 64.7. The Kier molecular flexibility index (Phi) is 44.0. The summed E-state index contributed by atoms with van der Waals surface area (Å²) in [6.45, 7) is 12.5. The van der Waals surface area contributed by atoms with E-state index in [4.69, 9.17) is 77.4 Å². The third-order valence-corrected chi connectivity index (χ3v) is 29.2. The molecule has 0 bridgehead atoms. The van der Waals surface area contributed by atoms with Gasteiger partial charge in [0.15, 0.2) is 34.4 Å². The zero-order valence-corrected chi connectivity index (χ0v) is 84.9. The lowest BCUT2D eigenvalue weighted by molar-refractivity contribution is -0.149. The van der Waals surface area contributed by atoms with Gasteiger partial charge in [0, 0.05) is 109 Å². The number of benzene rings is 6. The molecule has 5 aliphatic carbocycles. The molecule has 43 heteroatoms. The minimum atomic E-state index is -2.24. The molecule has 5 fully saturated rings. The quantitative estimate of drug-likeness (QED) is 0.00239. The van der Waals surface area contributed by atoms with Crippen molar-refractivity contribution < 1.29 is 101 Å². The van der Waals surface area contributed by atoms with Crippen LogP contribution < -0.4 is 53.3 Å². The topological polar surface area (TPSA) is 542 Å². The minimum absolute atomic E-state index is 0.00576. The SMILES string of the molecule is CC(C)(C)OC(=O)NC1CC(=O)C1.CC(C)(C)OC(=O)NC1CC(CC(=O)NN)C1.CCOC(=O)C(=O)Cl.CCOC(=O)C=P(c1ccccc1)(c1ccccc1)c1ccccc1.O=C(NC1CC(Cc2nnc(CO)s2)C1)c1cc(-c2ccccc2)on1.O=C(NC1CC(Cc2nnc(CO)s2)C1)c1cc(-c2ccccc2)on1.O=C(O)c1cc(-c2ccccc2)on1.OCc1nnc(CC2CC(NCl)C2)s1. The number of aliphatic hydroxyl groups is 3. The van der Waals surface area contributed by atoms with Crippen molar-refractivity contribution in [3.63, 3.8) is 0 Å². The average molecular weight is 2080 g/mol. The van der Waals surface area contributed by atoms with Gasteiger partial charge in [0.05, 0.1) is 33.0 Å². The van der Waals surface area contributed by atoms with Crippen LogP contribution in [0.3, 0.4) is 0 Å². The zero-order chi connectivity index (χ0) is 103. The maximum Gasteiger partial charge on any atom is 0.407 e. The van der Waals surface area contributed by atoms with Crippen LogP contribution in [0.4, 0.5) is 9.59 Å². The van der Waals surface area contributed by atoms with Crippen LogP contribution >= 0.6 is 64.3 Å². The van der Waals surface area contributed by atoms with E-state index in [2.05, 4.69) is 119 Å². The van der Waals surface area contributed by atoms with Gasteiger partial charge in [0.1, 0.15) is 47.0 Å². The lowest BCUT2D eigenvalue weighted by atomic mass is 9.78. The highest BCUT2D eigenvalue weighted by molar-refractivity contribution is 7.95. The summed E-state index contributed by atoms with van der Waals surface area (Å²) in [5, 5.41) is 89.1. The van der Waals surface area contributed by atoms with Crippen molar-refractivity contribution in [3.8, 4) is 34.0 Å². The number of halogens is 2. The van der Waals surface area contributed by atoms with Crippen molar-refractivity contribution in [1.29, 1.82) is 0 Å². The van der Waals surface area contributed by atoms with E-state index in [-0.39, 0.29) is 85.8 Å². The number of aliphatic hydroxyl groups excluding tert-OH is 3. The van der Waals surface area contributed by atoms with Crippen LogP contribution in [0.1, 0.15) is 188 Å². The molecular weight excluding hydrogens is 1960 g/mol. The van der Waals surface area contributed by atoms with Crippen LogP contribution in [0.25, 0.3) is 34.0 Å². The van der Waals surface area contributed by atoms with E-state index in [1.54, 1.807) is 45.6 Å². The van der Waals surface area contributed by atoms with Crippen LogP contribution in [0.5, 0.6) is 0 Å². The van der Waals surface area contributed by atoms with Gasteiger partial charge in [-0.1, -0.05) is 231 Å². The van der Waals surface area contributed by atoms with Gasteiger partial charge >= 0.3 is 35.3 Å². The number of aromatic carboxylic acids is 1. The van der Waals surface area contributed by atoms with Gasteiger partial charge in [-0.2, -0.15) is 0 Å². The Hall–Kier alpha value is -13.0. The number of hydrogen-bond donors (Lipinski definition) is 11. The maximum atomic E-state index is 12.5. The van der Waals surface area contributed by atoms with E-state index in [9.17, 15) is 47.9 Å². The van der Waals surface area contributed by atoms with Gasteiger partial charge in [-0.25, -0.2) is 34.7 Å². The number of nitrogens with zero attached hydrogens (tertiary/aromatic N) is 9. The second kappa shape index (κ2) is 56.2. The number of carbonyl (C=O) groups excluding carboxylic acids is 9. The summed E-state index contributed by atoms with van der Waals surface area (Å²) in [7, 11) is 0. The number of aromatic nitrogens is 9. The zero-order valence-electron chi connectivity index (χ0n) is 80.0. The van der Waals surface area contributed by atoms with Crippen molar-refractivity contribution in [3.05, 3.63) is 247 Å². The highest BCUT2D eigenvalue weighted by atomic mass is 35.5. The minimum Gasteiger partial charge on any atom is -0.476 e. The fraction of sp³-hybridized carbons (Fsp3) is 0.380. The third kappa shape index (κ3) is 36.7. The number of hydrogen-bond acceptors (Lipinski definition) is 34. The van der Waals surface area contributed by atoms with Crippen LogP contribution in [-0.2, 0) is 82.0 Å². The van der Waals surface area contributed by atoms with Gasteiger partial charge < -0.3 is 74.2 Å². The second-order valence-corrected chi connectivity index (χ2v) is 42.7. The number of carboxylic acid groups (broad SMARTS) is 1. The monoisotopic (exact) mass is 2070 g/mol. The summed E-state index contributed by atoms with van der Waals surface area (Å²) in [5.41, 5.74) is 4.25. The van der Waals surface area contributed by atoms with Gasteiger partial charge in [-0.3, -0.25) is 29.4 Å². The van der Waals surface area contributed by atoms with Gasteiger partial charge in [0.2, 0.25) is 5.91 Å². The van der Waals surface area contributed by atoms with Crippen LogP contribution in [-0.4, -0.2) is 186 Å². The first kappa shape index (κ1) is 112. The first-order valence-electron chi connectivity index (χ1n) is 46.1. The number of esters is 2. The molecule has 0 unspecified atom stereocenters. The van der Waals surface area contributed by atoms with E-state index < -0.39 is 47.5 Å². The highest BCUT2D eigenvalue weighted by Crippen LogP contribution is 2.44. The second-order valence-electron chi connectivity index (χ2n) is 35.5. The number of nitrogens with two attached hydrogens (primary N) is 1. The molecule has 760 valence electrons. The Morgan fingerprint density at radius 1 is 0.448 bits per heavy atom. The molecule has 6 aromatic heterocycles. The summed E-state index contributed by atoms with van der Waals surface area (Å²) in [5.74, 6) is 7.63. The molecular formula is C100H117Cl2N16O21PS3. The van der Waals surface area contributed by atoms with E-state index in [0.29, 0.717) is 99.3 Å². The van der Waals surface area contributed by atoms with Crippen LogP contribution in [0.2, 0.25) is 0 Å². The van der Waals surface area contributed by atoms with Gasteiger partial charge in [-0.15, -0.1) is 30.6 Å². The summed E-state index contributed by atoms with van der Waals surface area (Å²) >= 11 is 14.6. The third-order valence-electron chi connectivity index (χ3n) is 22.0. The number of rotatable bonds is 29. The highest BCUT2D eigenvalue weighted by Gasteiger charge is 2.37. The Labute approximate surface area is 848 Å². The molecule has 143 heavy (non-hydrogen) atoms. The van der Waals surface area contributed by atoms with Crippen molar-refractivity contribution >= 4 is 145 Å². The largest absolute Gasteiger partial charge is 0.476 e. The number of Topliss-reactive ketones (excluding diaryl/α,β-unsaturated/α-hetero) is 1. The number of carboxylic acids is 1. The predicted molar refractivity (Wildman–Crippen MR) is 540 cm³/mol. The summed E-state index contributed by atoms with van der Waals surface area (Å²) in [4.78, 5) is 114. The molecule has 0 saturated heterocycles. The molecule has 5 amide bonds. The van der Waals surface area contributed by atoms with Crippen molar-refractivity contribution in [2.24, 2.45) is 29.5 Å². The molecule has 0 aliphatic heterocycles. The molecule has 6 heterocycles. The number of nitrogens with one attached hydrogen (secondary N) is 6. The Morgan fingerprint density at radius 2 is 0.762 bits per heavy atom. The fourth-order valence-corrected chi connectivity index (χ4v) is 21.4. The van der Waals surface area contributed by atoms with Crippen molar-refractivity contribution in [1.82, 2.24) is 77.6 Å². The van der Waals surface area contributed by atoms with E-state index in [0.717, 1.165) is 118 Å². The van der Waals surface area contributed by atoms with Crippen LogP contribution in [0.15, 0.2) is 214 Å². The Balaban J connectivity index is 0.000000172. The van der Waals surface area contributed by atoms with Gasteiger partial charge in [0.25, 0.3) is 11.8 Å². The van der Waals surface area contributed by atoms with Crippen LogP contribution in [0, 0.1) is 23.7 Å². The molecule has 12 aromatic rings. The van der Waals surface area contributed by atoms with E-state index >= 15 is 0 Å². The normalized spacial score (nSPS) is 17.3. The molecule has 0 spiro atoms.